The summed E-state index contributed by atoms with van der Waals surface area (Å²) < 4.78 is 2.27. The van der Waals surface area contributed by atoms with E-state index in [0.717, 1.165) is 45.3 Å². The summed E-state index contributed by atoms with van der Waals surface area (Å²) in [5.41, 5.74) is 11.6. The predicted molar refractivity (Wildman–Crippen MR) is 182 cm³/mol. The van der Waals surface area contributed by atoms with Gasteiger partial charge in [0.1, 0.15) is 0 Å². The number of rotatable bonds is 4. The third-order valence-corrected chi connectivity index (χ3v) is 8.33. The van der Waals surface area contributed by atoms with Gasteiger partial charge in [-0.1, -0.05) is 61.9 Å². The van der Waals surface area contributed by atoms with Crippen molar-refractivity contribution in [2.24, 2.45) is 0 Å². The first-order chi connectivity index (χ1) is 21.6. The molecule has 0 N–H and O–H groups in total. The second-order valence-electron chi connectivity index (χ2n) is 11.4. The van der Waals surface area contributed by atoms with Crippen LogP contribution < -0.4 is 9.80 Å². The minimum absolute atomic E-state index is 0. The van der Waals surface area contributed by atoms with Crippen LogP contribution >= 0.6 is 0 Å². The van der Waals surface area contributed by atoms with E-state index in [1.807, 2.05) is 48.8 Å². The Bertz CT molecular complexity index is 2100. The first-order valence-corrected chi connectivity index (χ1v) is 15.2. The van der Waals surface area contributed by atoms with Crippen LogP contribution in [0.3, 0.4) is 0 Å². The van der Waals surface area contributed by atoms with Gasteiger partial charge in [-0.25, -0.2) is 0 Å². The molecule has 0 fully saturated rings. The zero-order valence-electron chi connectivity index (χ0n) is 25.8. The Hall–Kier alpha value is -4.51. The number of aromatic nitrogens is 3. The van der Waals surface area contributed by atoms with Crippen molar-refractivity contribution in [3.05, 3.63) is 139 Å². The van der Waals surface area contributed by atoms with Crippen LogP contribution in [0.15, 0.2) is 109 Å². The van der Waals surface area contributed by atoms with Gasteiger partial charge >= 0.3 is 20.1 Å². The van der Waals surface area contributed by atoms with Crippen LogP contribution in [-0.4, -0.2) is 21.4 Å². The van der Waals surface area contributed by atoms with E-state index in [1.165, 1.54) is 28.1 Å². The maximum absolute atomic E-state index is 4.85. The molecule has 0 aliphatic carbocycles. The topological polar surface area (TPSA) is 36.7 Å². The van der Waals surface area contributed by atoms with E-state index in [4.69, 9.17) is 9.97 Å². The summed E-state index contributed by atoms with van der Waals surface area (Å²) in [5, 5.41) is 2.11. The van der Waals surface area contributed by atoms with Gasteiger partial charge in [0.05, 0.1) is 22.4 Å². The van der Waals surface area contributed by atoms with Crippen LogP contribution in [0.2, 0.25) is 0 Å². The maximum Gasteiger partial charge on any atom is 3.00 e. The largest absolute Gasteiger partial charge is 3.00 e. The number of benzene rings is 4. The number of pyridine rings is 2. The number of nitrogens with zero attached hydrogens (tertiary/aromatic N) is 5. The van der Waals surface area contributed by atoms with Gasteiger partial charge in [-0.05, 0) is 54.8 Å². The summed E-state index contributed by atoms with van der Waals surface area (Å²) in [5.74, 6) is 0.434. The number of fused-ring (bicyclic) bond motifs is 7. The normalized spacial score (nSPS) is 12.4. The molecule has 8 rings (SSSR count). The minimum atomic E-state index is 0. The smallest absolute Gasteiger partial charge is 0.504 e. The van der Waals surface area contributed by atoms with Crippen molar-refractivity contribution in [3.8, 4) is 11.3 Å². The van der Waals surface area contributed by atoms with Crippen molar-refractivity contribution in [2.75, 3.05) is 16.8 Å². The zero-order chi connectivity index (χ0) is 30.2. The molecule has 7 aromatic rings. The molecule has 0 radical (unpaired) electrons. The van der Waals surface area contributed by atoms with Gasteiger partial charge in [0, 0.05) is 29.3 Å². The molecule has 3 aromatic heterocycles. The Balaban J connectivity index is 0.000000179. The van der Waals surface area contributed by atoms with Crippen LogP contribution in [0.1, 0.15) is 37.8 Å². The van der Waals surface area contributed by atoms with Gasteiger partial charge in [0.25, 0.3) is 0 Å². The van der Waals surface area contributed by atoms with Gasteiger partial charge < -0.3 is 14.2 Å². The average molecular weight is 765 g/mol. The fraction of sp³-hybridized carbons (Fsp3) is 0.154. The molecule has 0 atom stereocenters. The molecule has 0 saturated heterocycles. The Morgan fingerprint density at radius 2 is 1.62 bits per heavy atom. The summed E-state index contributed by atoms with van der Waals surface area (Å²) in [6.07, 6.45) is 4.86. The standard InChI is InChI=1S/C25H22N3.C14H12N2.Ir/c1-4-17-9-7-12-18(16(2)3)23(17)22-15-27-25-20-11-6-5-10-19(20)24-21(28(22)25)13-8-14-26-24;1-15-11-16(12-7-3-2-4-8-12)14-10-6-5-9-13(14)15;/h5-10,12-16H,4H2,1-3H3;2-7,9-11H,1H3;/q-1;-2;+3. The van der Waals surface area contributed by atoms with Crippen LogP contribution in [0.25, 0.3) is 38.7 Å². The summed E-state index contributed by atoms with van der Waals surface area (Å²) in [6, 6.07) is 39.8. The van der Waals surface area contributed by atoms with Gasteiger partial charge in [-0.2, -0.15) is 37.0 Å². The molecule has 0 amide bonds. The monoisotopic (exact) mass is 765 g/mol. The molecule has 45 heavy (non-hydrogen) atoms. The SMILES string of the molecule is CCc1cccc(C(C)C)c1-c1cnc2c3[c-]cccc3c3ncccc3n12.CN1[CH-]N(c2[c-]cccc2)c2ccccc21.[Ir+3]. The van der Waals surface area contributed by atoms with Crippen LogP contribution in [-0.2, 0) is 26.5 Å². The van der Waals surface area contributed by atoms with Crippen molar-refractivity contribution >= 4 is 44.5 Å². The van der Waals surface area contributed by atoms with E-state index in [0.29, 0.717) is 5.92 Å². The number of aryl methyl sites for hydroxylation is 1. The van der Waals surface area contributed by atoms with Crippen LogP contribution in [0, 0.1) is 18.8 Å². The number of anilines is 3. The maximum atomic E-state index is 4.85. The molecule has 1 aliphatic rings. The van der Waals surface area contributed by atoms with E-state index in [-0.39, 0.29) is 20.1 Å². The van der Waals surface area contributed by atoms with Crippen molar-refractivity contribution in [2.45, 2.75) is 33.1 Å². The van der Waals surface area contributed by atoms with E-state index in [2.05, 4.69) is 121 Å². The van der Waals surface area contributed by atoms with E-state index in [9.17, 15) is 0 Å². The Morgan fingerprint density at radius 1 is 0.822 bits per heavy atom. The van der Waals surface area contributed by atoms with Crippen molar-refractivity contribution < 1.29 is 20.1 Å². The molecular formula is C39H34IrN5. The summed E-state index contributed by atoms with van der Waals surface area (Å²) in [6.45, 7) is 8.81. The Morgan fingerprint density at radius 3 is 2.40 bits per heavy atom. The van der Waals surface area contributed by atoms with Crippen molar-refractivity contribution in [1.29, 1.82) is 0 Å². The van der Waals surface area contributed by atoms with Gasteiger partial charge in [0.15, 0.2) is 0 Å². The number of hydrogen-bond donors (Lipinski definition) is 0. The second-order valence-corrected chi connectivity index (χ2v) is 11.4. The molecule has 5 nitrogen and oxygen atoms in total. The molecule has 0 spiro atoms. The number of imidazole rings is 1. The molecular weight excluding hydrogens is 731 g/mol. The summed E-state index contributed by atoms with van der Waals surface area (Å²) in [7, 11) is 2.06. The van der Waals surface area contributed by atoms with Crippen molar-refractivity contribution in [1.82, 2.24) is 14.4 Å². The quantitative estimate of drug-likeness (QED) is 0.132. The van der Waals surface area contributed by atoms with Gasteiger partial charge in [-0.15, -0.1) is 30.0 Å². The molecule has 4 aromatic carbocycles. The fourth-order valence-corrected chi connectivity index (χ4v) is 6.25. The summed E-state index contributed by atoms with van der Waals surface area (Å²) in [4.78, 5) is 13.8. The van der Waals surface area contributed by atoms with Crippen LogP contribution in [0.5, 0.6) is 0 Å². The molecule has 0 saturated carbocycles. The number of hydrogen-bond acceptors (Lipinski definition) is 4. The average Bonchev–Trinajstić information content (AvgIpc) is 3.67. The van der Waals surface area contributed by atoms with E-state index in [1.54, 1.807) is 0 Å². The molecule has 0 bridgehead atoms. The molecule has 0 unspecified atom stereocenters. The Kier molecular flexibility index (Phi) is 8.71. The predicted octanol–water partition coefficient (Wildman–Crippen LogP) is 9.38. The fourth-order valence-electron chi connectivity index (χ4n) is 6.25. The van der Waals surface area contributed by atoms with E-state index < -0.39 is 0 Å². The van der Waals surface area contributed by atoms with Gasteiger partial charge in [0.2, 0.25) is 0 Å². The zero-order valence-corrected chi connectivity index (χ0v) is 28.2. The van der Waals surface area contributed by atoms with Crippen LogP contribution in [0.4, 0.5) is 17.1 Å². The molecule has 6 heteroatoms. The van der Waals surface area contributed by atoms with E-state index >= 15 is 0 Å². The first-order valence-electron chi connectivity index (χ1n) is 15.2. The minimum Gasteiger partial charge on any atom is -0.504 e. The third kappa shape index (κ3) is 5.39. The first kappa shape index (κ1) is 30.5. The third-order valence-electron chi connectivity index (χ3n) is 8.33. The second kappa shape index (κ2) is 12.8. The molecule has 1 aliphatic heterocycles. The molecule has 224 valence electrons. The van der Waals surface area contributed by atoms with Gasteiger partial charge in [-0.3, -0.25) is 9.97 Å². The Labute approximate surface area is 278 Å². The summed E-state index contributed by atoms with van der Waals surface area (Å²) >= 11 is 0. The molecule has 4 heterocycles. The van der Waals surface area contributed by atoms with Crippen molar-refractivity contribution in [3.63, 3.8) is 0 Å². The number of para-hydroxylation sites is 3.